The van der Waals surface area contributed by atoms with Gasteiger partial charge in [0.15, 0.2) is 0 Å². The normalized spacial score (nSPS) is 12.1. The van der Waals surface area contributed by atoms with Crippen LogP contribution in [0.2, 0.25) is 0 Å². The standard InChI is InChI=1S/C36H66O4/c1-3-5-6-7-8-9-10-11-12-13-14-15-16-17-18-19-20-21-22-23-24-25-26-27-28-29-30-31-34(36(38)39)33-35(37)40-32-4-2/h4,22-23,34H,2-3,5-21,24-33H2,1H3,(H,38,39)/b23-22+. The molecule has 0 fully saturated rings. The summed E-state index contributed by atoms with van der Waals surface area (Å²) in [5.74, 6) is -2.00. The van der Waals surface area contributed by atoms with Crippen molar-refractivity contribution in [1.29, 1.82) is 0 Å². The molecule has 0 heterocycles. The highest BCUT2D eigenvalue weighted by atomic mass is 16.5. The van der Waals surface area contributed by atoms with Gasteiger partial charge in [0.05, 0.1) is 12.3 Å². The van der Waals surface area contributed by atoms with Gasteiger partial charge in [0.1, 0.15) is 6.61 Å². The Hall–Kier alpha value is -1.58. The molecule has 0 aromatic rings. The lowest BCUT2D eigenvalue weighted by molar-refractivity contribution is -0.151. The monoisotopic (exact) mass is 562 g/mol. The first-order valence-electron chi connectivity index (χ1n) is 17.3. The summed E-state index contributed by atoms with van der Waals surface area (Å²) in [7, 11) is 0. The molecule has 0 aliphatic heterocycles. The predicted octanol–water partition coefficient (Wildman–Crippen LogP) is 11.5. The zero-order valence-electron chi connectivity index (χ0n) is 26.5. The van der Waals surface area contributed by atoms with Crippen LogP contribution < -0.4 is 0 Å². The van der Waals surface area contributed by atoms with Crippen molar-refractivity contribution in [3.05, 3.63) is 24.8 Å². The summed E-state index contributed by atoms with van der Waals surface area (Å²) in [6.07, 6.45) is 40.0. The van der Waals surface area contributed by atoms with Gasteiger partial charge in [0.2, 0.25) is 0 Å². The highest BCUT2D eigenvalue weighted by molar-refractivity contribution is 5.78. The second-order valence-corrected chi connectivity index (χ2v) is 11.8. The molecule has 0 aromatic heterocycles. The maximum absolute atomic E-state index is 11.6. The Balaban J connectivity index is 3.33. The summed E-state index contributed by atoms with van der Waals surface area (Å²) < 4.78 is 4.91. The quantitative estimate of drug-likeness (QED) is 0.0503. The molecule has 0 amide bonds. The van der Waals surface area contributed by atoms with Crippen LogP contribution in [-0.2, 0) is 14.3 Å². The minimum absolute atomic E-state index is 0.0466. The predicted molar refractivity (Wildman–Crippen MR) is 172 cm³/mol. The molecule has 0 bridgehead atoms. The third-order valence-corrected chi connectivity index (χ3v) is 7.94. The number of hydrogen-bond donors (Lipinski definition) is 1. The molecule has 40 heavy (non-hydrogen) atoms. The SMILES string of the molecule is C=CCOC(=O)CC(CCCCCCCC/C=C/CCCCCCCCCCCCCCCCCCC)C(=O)O. The van der Waals surface area contributed by atoms with Crippen molar-refractivity contribution in [1.82, 2.24) is 0 Å². The molecule has 0 spiro atoms. The highest BCUT2D eigenvalue weighted by Gasteiger charge is 2.21. The van der Waals surface area contributed by atoms with Gasteiger partial charge in [-0.15, -0.1) is 0 Å². The van der Waals surface area contributed by atoms with Crippen LogP contribution >= 0.6 is 0 Å². The molecule has 0 rings (SSSR count). The van der Waals surface area contributed by atoms with Gasteiger partial charge in [0.25, 0.3) is 0 Å². The first-order valence-corrected chi connectivity index (χ1v) is 17.3. The van der Waals surface area contributed by atoms with Crippen molar-refractivity contribution < 1.29 is 19.4 Å². The van der Waals surface area contributed by atoms with Crippen LogP contribution in [0.25, 0.3) is 0 Å². The Labute approximate surface area is 248 Å². The number of ether oxygens (including phenoxy) is 1. The number of hydrogen-bond acceptors (Lipinski definition) is 3. The lowest BCUT2D eigenvalue weighted by Gasteiger charge is -2.11. The minimum atomic E-state index is -0.905. The maximum atomic E-state index is 11.6. The van der Waals surface area contributed by atoms with Gasteiger partial charge in [0, 0.05) is 0 Å². The van der Waals surface area contributed by atoms with Crippen molar-refractivity contribution in [2.75, 3.05) is 6.61 Å². The number of aliphatic carboxylic acids is 1. The number of unbranched alkanes of at least 4 members (excludes halogenated alkanes) is 23. The van der Waals surface area contributed by atoms with Crippen molar-refractivity contribution in [2.45, 2.75) is 180 Å². The molecule has 0 aliphatic rings. The lowest BCUT2D eigenvalue weighted by Crippen LogP contribution is -2.19. The van der Waals surface area contributed by atoms with Crippen LogP contribution in [0.5, 0.6) is 0 Å². The van der Waals surface area contributed by atoms with E-state index in [1.165, 1.54) is 147 Å². The molecule has 1 unspecified atom stereocenters. The van der Waals surface area contributed by atoms with Crippen molar-refractivity contribution in [3.8, 4) is 0 Å². The van der Waals surface area contributed by atoms with Crippen LogP contribution in [0.3, 0.4) is 0 Å². The Morgan fingerprint density at radius 2 is 1.00 bits per heavy atom. The van der Waals surface area contributed by atoms with E-state index in [0.29, 0.717) is 6.42 Å². The third-order valence-electron chi connectivity index (χ3n) is 7.94. The third kappa shape index (κ3) is 29.4. The smallest absolute Gasteiger partial charge is 0.307 e. The Kier molecular flexibility index (Phi) is 30.7. The number of carboxylic acid groups (broad SMARTS) is 1. The summed E-state index contributed by atoms with van der Waals surface area (Å²) in [6.45, 7) is 5.92. The zero-order valence-corrected chi connectivity index (χ0v) is 26.5. The van der Waals surface area contributed by atoms with Crippen LogP contribution in [0.1, 0.15) is 180 Å². The van der Waals surface area contributed by atoms with E-state index in [9.17, 15) is 14.7 Å². The van der Waals surface area contributed by atoms with Gasteiger partial charge in [-0.3, -0.25) is 9.59 Å². The van der Waals surface area contributed by atoms with Gasteiger partial charge in [-0.05, 0) is 32.1 Å². The minimum Gasteiger partial charge on any atom is -0.481 e. The fraction of sp³-hybridized carbons (Fsp3) is 0.833. The van der Waals surface area contributed by atoms with Gasteiger partial charge in [-0.25, -0.2) is 0 Å². The fourth-order valence-corrected chi connectivity index (χ4v) is 5.31. The molecule has 0 aliphatic carbocycles. The molecule has 4 heteroatoms. The number of allylic oxidation sites excluding steroid dienone is 2. The zero-order chi connectivity index (χ0) is 29.4. The first-order chi connectivity index (χ1) is 19.6. The summed E-state index contributed by atoms with van der Waals surface area (Å²) in [5.41, 5.74) is 0. The molecule has 234 valence electrons. The second-order valence-electron chi connectivity index (χ2n) is 11.8. The number of carbonyl (C=O) groups is 2. The average molecular weight is 563 g/mol. The molecule has 0 saturated heterocycles. The summed E-state index contributed by atoms with van der Waals surface area (Å²) >= 11 is 0. The fourth-order valence-electron chi connectivity index (χ4n) is 5.31. The Morgan fingerprint density at radius 3 is 1.38 bits per heavy atom. The number of carboxylic acids is 1. The molecular formula is C36H66O4. The van der Waals surface area contributed by atoms with E-state index in [0.717, 1.165) is 19.3 Å². The molecule has 0 aromatic carbocycles. The Bertz CT molecular complexity index is 598. The lowest BCUT2D eigenvalue weighted by atomic mass is 9.97. The van der Waals surface area contributed by atoms with E-state index in [-0.39, 0.29) is 13.0 Å². The largest absolute Gasteiger partial charge is 0.481 e. The second kappa shape index (κ2) is 31.9. The van der Waals surface area contributed by atoms with E-state index < -0.39 is 17.9 Å². The molecule has 1 atom stereocenters. The molecule has 0 radical (unpaired) electrons. The molecular weight excluding hydrogens is 496 g/mol. The topological polar surface area (TPSA) is 63.6 Å². The first kappa shape index (κ1) is 38.4. The van der Waals surface area contributed by atoms with E-state index in [2.05, 4.69) is 25.7 Å². The van der Waals surface area contributed by atoms with Gasteiger partial charge < -0.3 is 9.84 Å². The van der Waals surface area contributed by atoms with Crippen molar-refractivity contribution in [2.24, 2.45) is 5.92 Å². The average Bonchev–Trinajstić information content (AvgIpc) is 2.94. The van der Waals surface area contributed by atoms with Crippen LogP contribution in [0.15, 0.2) is 24.8 Å². The molecule has 1 N–H and O–H groups in total. The summed E-state index contributed by atoms with van der Waals surface area (Å²) in [4.78, 5) is 23.0. The van der Waals surface area contributed by atoms with E-state index in [4.69, 9.17) is 4.74 Å². The highest BCUT2D eigenvalue weighted by Crippen LogP contribution is 2.17. The Morgan fingerprint density at radius 1 is 0.625 bits per heavy atom. The van der Waals surface area contributed by atoms with E-state index in [1.54, 1.807) is 0 Å². The van der Waals surface area contributed by atoms with Crippen molar-refractivity contribution in [3.63, 3.8) is 0 Å². The van der Waals surface area contributed by atoms with Gasteiger partial charge in [-0.2, -0.15) is 0 Å². The van der Waals surface area contributed by atoms with Crippen LogP contribution in [-0.4, -0.2) is 23.7 Å². The number of rotatable bonds is 32. The van der Waals surface area contributed by atoms with Crippen LogP contribution in [0.4, 0.5) is 0 Å². The molecule has 0 saturated carbocycles. The van der Waals surface area contributed by atoms with Gasteiger partial charge in [-0.1, -0.05) is 167 Å². The van der Waals surface area contributed by atoms with E-state index >= 15 is 0 Å². The number of esters is 1. The maximum Gasteiger partial charge on any atom is 0.307 e. The van der Waals surface area contributed by atoms with Crippen molar-refractivity contribution >= 4 is 11.9 Å². The van der Waals surface area contributed by atoms with E-state index in [1.807, 2.05) is 0 Å². The van der Waals surface area contributed by atoms with Crippen LogP contribution in [0, 0.1) is 5.92 Å². The number of carbonyl (C=O) groups excluding carboxylic acids is 1. The summed E-state index contributed by atoms with van der Waals surface area (Å²) in [6, 6.07) is 0. The molecule has 4 nitrogen and oxygen atoms in total. The van der Waals surface area contributed by atoms with Gasteiger partial charge >= 0.3 is 11.9 Å². The summed E-state index contributed by atoms with van der Waals surface area (Å²) in [5, 5.41) is 9.31.